The van der Waals surface area contributed by atoms with Gasteiger partial charge in [0.1, 0.15) is 0 Å². The van der Waals surface area contributed by atoms with Gasteiger partial charge >= 0.3 is 5.97 Å². The zero-order chi connectivity index (χ0) is 11.4. The lowest BCUT2D eigenvalue weighted by atomic mass is 9.86. The Labute approximate surface area is 90.3 Å². The van der Waals surface area contributed by atoms with Gasteiger partial charge in [-0.15, -0.1) is 0 Å². The molecule has 0 aliphatic carbocycles. The molecule has 1 heterocycles. The number of carbonyl (C=O) groups is 2. The molecule has 0 spiro atoms. The highest BCUT2D eigenvalue weighted by Crippen LogP contribution is 2.25. The third-order valence-corrected chi connectivity index (χ3v) is 3.10. The molecule has 1 aliphatic rings. The van der Waals surface area contributed by atoms with Crippen LogP contribution in [0, 0.1) is 11.8 Å². The number of likely N-dealkylation sites (tertiary alicyclic amines) is 1. The van der Waals surface area contributed by atoms with Crippen LogP contribution in [0.2, 0.25) is 0 Å². The predicted octanol–water partition coefficient (Wildman–Crippen LogP) is 1.36. The van der Waals surface area contributed by atoms with E-state index in [9.17, 15) is 9.59 Å². The predicted molar refractivity (Wildman–Crippen MR) is 56.4 cm³/mol. The number of rotatable bonds is 4. The highest BCUT2D eigenvalue weighted by molar-refractivity contribution is 5.78. The van der Waals surface area contributed by atoms with Crippen LogP contribution in [0.4, 0.5) is 0 Å². The Kier molecular flexibility index (Phi) is 4.12. The number of amides is 1. The van der Waals surface area contributed by atoms with Crippen LogP contribution in [0.5, 0.6) is 0 Å². The first kappa shape index (κ1) is 12.0. The molecule has 1 N–H and O–H groups in total. The van der Waals surface area contributed by atoms with Crippen molar-refractivity contribution in [3.05, 3.63) is 0 Å². The van der Waals surface area contributed by atoms with Gasteiger partial charge in [-0.1, -0.05) is 13.8 Å². The van der Waals surface area contributed by atoms with Crippen molar-refractivity contribution >= 4 is 11.9 Å². The minimum absolute atomic E-state index is 0.0537. The van der Waals surface area contributed by atoms with Crippen molar-refractivity contribution in [3.8, 4) is 0 Å². The van der Waals surface area contributed by atoms with E-state index in [4.69, 9.17) is 5.11 Å². The van der Waals surface area contributed by atoms with Gasteiger partial charge in [0.2, 0.25) is 5.91 Å². The van der Waals surface area contributed by atoms with E-state index in [1.807, 2.05) is 0 Å². The smallest absolute Gasteiger partial charge is 0.305 e. The number of carbonyl (C=O) groups excluding carboxylic acids is 1. The average Bonchev–Trinajstić information content (AvgIpc) is 2.15. The second-order valence-corrected chi connectivity index (χ2v) is 4.52. The molecule has 0 saturated carbocycles. The van der Waals surface area contributed by atoms with E-state index in [1.165, 1.54) is 0 Å². The lowest BCUT2D eigenvalue weighted by molar-refractivity contribution is -0.140. The number of hydrogen-bond acceptors (Lipinski definition) is 2. The van der Waals surface area contributed by atoms with Crippen molar-refractivity contribution in [1.82, 2.24) is 4.90 Å². The molecule has 0 aromatic rings. The summed E-state index contributed by atoms with van der Waals surface area (Å²) in [6, 6.07) is 0. The van der Waals surface area contributed by atoms with E-state index < -0.39 is 5.97 Å². The Morgan fingerprint density at radius 2 is 2.27 bits per heavy atom. The maximum Gasteiger partial charge on any atom is 0.305 e. The van der Waals surface area contributed by atoms with Crippen molar-refractivity contribution in [2.24, 2.45) is 11.8 Å². The second-order valence-electron chi connectivity index (χ2n) is 4.52. The van der Waals surface area contributed by atoms with Gasteiger partial charge in [0.25, 0.3) is 0 Å². The minimum Gasteiger partial charge on any atom is -0.481 e. The van der Waals surface area contributed by atoms with Crippen molar-refractivity contribution in [2.75, 3.05) is 13.1 Å². The van der Waals surface area contributed by atoms with Crippen LogP contribution in [-0.2, 0) is 9.59 Å². The lowest BCUT2D eigenvalue weighted by Gasteiger charge is -2.33. The Bertz CT molecular complexity index is 250. The normalized spacial score (nSPS) is 22.2. The Balaban J connectivity index is 2.39. The van der Waals surface area contributed by atoms with Crippen molar-refractivity contribution in [2.45, 2.75) is 33.1 Å². The third-order valence-electron chi connectivity index (χ3n) is 3.10. The summed E-state index contributed by atoms with van der Waals surface area (Å²) in [6.45, 7) is 5.34. The van der Waals surface area contributed by atoms with Gasteiger partial charge in [0.05, 0.1) is 6.42 Å². The third kappa shape index (κ3) is 3.53. The van der Waals surface area contributed by atoms with Gasteiger partial charge in [-0.05, 0) is 18.3 Å². The molecule has 1 unspecified atom stereocenters. The van der Waals surface area contributed by atoms with E-state index in [0.29, 0.717) is 24.8 Å². The Hall–Kier alpha value is -1.06. The molecule has 1 saturated heterocycles. The molecular weight excluding hydrogens is 194 g/mol. The summed E-state index contributed by atoms with van der Waals surface area (Å²) in [5.41, 5.74) is 0. The molecule has 1 rings (SSSR count). The van der Waals surface area contributed by atoms with E-state index in [0.717, 1.165) is 13.0 Å². The number of carboxylic acids is 1. The lowest BCUT2D eigenvalue weighted by Crippen LogP contribution is -2.41. The largest absolute Gasteiger partial charge is 0.481 e. The summed E-state index contributed by atoms with van der Waals surface area (Å²) in [5, 5.41) is 8.53. The standard InChI is InChI=1S/C11H19NO3/c1-8(2)9-3-5-12(10(13)7-9)6-4-11(14)15/h8-9H,3-7H2,1-2H3,(H,14,15). The zero-order valence-electron chi connectivity index (χ0n) is 9.40. The summed E-state index contributed by atoms with van der Waals surface area (Å²) < 4.78 is 0. The van der Waals surface area contributed by atoms with Crippen LogP contribution in [0.25, 0.3) is 0 Å². The summed E-state index contributed by atoms with van der Waals surface area (Å²) in [7, 11) is 0. The number of hydrogen-bond donors (Lipinski definition) is 1. The summed E-state index contributed by atoms with van der Waals surface area (Å²) in [6.07, 6.45) is 1.64. The van der Waals surface area contributed by atoms with Crippen molar-refractivity contribution in [1.29, 1.82) is 0 Å². The van der Waals surface area contributed by atoms with Gasteiger partial charge in [0.15, 0.2) is 0 Å². The minimum atomic E-state index is -0.839. The van der Waals surface area contributed by atoms with E-state index in [2.05, 4.69) is 13.8 Å². The monoisotopic (exact) mass is 213 g/mol. The van der Waals surface area contributed by atoms with Crippen LogP contribution in [0.3, 0.4) is 0 Å². The molecule has 0 bridgehead atoms. The maximum atomic E-state index is 11.7. The topological polar surface area (TPSA) is 57.6 Å². The van der Waals surface area contributed by atoms with Crippen LogP contribution < -0.4 is 0 Å². The van der Waals surface area contributed by atoms with E-state index in [-0.39, 0.29) is 12.3 Å². The van der Waals surface area contributed by atoms with Crippen molar-refractivity contribution < 1.29 is 14.7 Å². The number of aliphatic carboxylic acids is 1. The first-order valence-electron chi connectivity index (χ1n) is 5.50. The molecule has 0 aromatic heterocycles. The first-order chi connectivity index (χ1) is 7.00. The van der Waals surface area contributed by atoms with Crippen LogP contribution in [0.1, 0.15) is 33.1 Å². The Morgan fingerprint density at radius 3 is 2.73 bits per heavy atom. The number of carboxylic acid groups (broad SMARTS) is 1. The zero-order valence-corrected chi connectivity index (χ0v) is 9.40. The number of nitrogens with zero attached hydrogens (tertiary/aromatic N) is 1. The number of piperidine rings is 1. The molecule has 4 heteroatoms. The molecule has 86 valence electrons. The summed E-state index contributed by atoms with van der Waals surface area (Å²) in [4.78, 5) is 23.7. The fourth-order valence-electron chi connectivity index (χ4n) is 1.94. The van der Waals surface area contributed by atoms with Gasteiger partial charge in [-0.25, -0.2) is 0 Å². The van der Waals surface area contributed by atoms with E-state index >= 15 is 0 Å². The van der Waals surface area contributed by atoms with E-state index in [1.54, 1.807) is 4.90 Å². The SMILES string of the molecule is CC(C)C1CCN(CCC(=O)O)C(=O)C1. The molecule has 1 amide bonds. The highest BCUT2D eigenvalue weighted by atomic mass is 16.4. The maximum absolute atomic E-state index is 11.7. The fraction of sp³-hybridized carbons (Fsp3) is 0.818. The molecule has 1 atom stereocenters. The molecule has 4 nitrogen and oxygen atoms in total. The fourth-order valence-corrected chi connectivity index (χ4v) is 1.94. The molecule has 0 aromatic carbocycles. The molecule has 15 heavy (non-hydrogen) atoms. The van der Waals surface area contributed by atoms with Crippen LogP contribution >= 0.6 is 0 Å². The van der Waals surface area contributed by atoms with Gasteiger partial charge in [-0.3, -0.25) is 9.59 Å². The van der Waals surface area contributed by atoms with Crippen molar-refractivity contribution in [3.63, 3.8) is 0 Å². The Morgan fingerprint density at radius 1 is 1.60 bits per heavy atom. The molecule has 1 fully saturated rings. The molecule has 1 aliphatic heterocycles. The van der Waals surface area contributed by atoms with Gasteiger partial charge in [-0.2, -0.15) is 0 Å². The average molecular weight is 213 g/mol. The highest BCUT2D eigenvalue weighted by Gasteiger charge is 2.27. The summed E-state index contributed by atoms with van der Waals surface area (Å²) >= 11 is 0. The van der Waals surface area contributed by atoms with Crippen LogP contribution in [0.15, 0.2) is 0 Å². The molecule has 0 radical (unpaired) electrons. The second kappa shape index (κ2) is 5.14. The quantitative estimate of drug-likeness (QED) is 0.767. The molecular formula is C11H19NO3. The van der Waals surface area contributed by atoms with Crippen LogP contribution in [-0.4, -0.2) is 35.0 Å². The summed E-state index contributed by atoms with van der Waals surface area (Å²) in [5.74, 6) is 0.282. The van der Waals surface area contributed by atoms with Gasteiger partial charge < -0.3 is 10.0 Å². The first-order valence-corrected chi connectivity index (χ1v) is 5.50. The van der Waals surface area contributed by atoms with Gasteiger partial charge in [0, 0.05) is 19.5 Å².